The number of para-hydroxylation sites is 1. The molecule has 1 aromatic carbocycles. The number of benzene rings is 1. The molecule has 0 bridgehead atoms. The van der Waals surface area contributed by atoms with E-state index in [9.17, 15) is 0 Å². The van der Waals surface area contributed by atoms with Crippen LogP contribution in [0.1, 0.15) is 19.6 Å². The zero-order chi connectivity index (χ0) is 15.5. The van der Waals surface area contributed by atoms with Crippen LogP contribution in [0.15, 0.2) is 45.8 Å². The minimum atomic E-state index is 0.263. The molecule has 2 heterocycles. The van der Waals surface area contributed by atoms with Crippen molar-refractivity contribution in [2.24, 2.45) is 10.7 Å². The van der Waals surface area contributed by atoms with Crippen LogP contribution in [0.5, 0.6) is 0 Å². The van der Waals surface area contributed by atoms with Crippen LogP contribution in [-0.4, -0.2) is 17.0 Å². The molecule has 0 saturated heterocycles. The van der Waals surface area contributed by atoms with Crippen molar-refractivity contribution in [1.29, 1.82) is 0 Å². The van der Waals surface area contributed by atoms with Crippen LogP contribution in [-0.2, 0) is 6.54 Å². The molecule has 3 rings (SSSR count). The molecule has 0 aliphatic rings. The Morgan fingerprint density at radius 3 is 2.91 bits per heavy atom. The van der Waals surface area contributed by atoms with Crippen LogP contribution in [0, 0.1) is 0 Å². The predicted molar refractivity (Wildman–Crippen MR) is 90.9 cm³/mol. The third-order valence-corrected chi connectivity index (χ3v) is 4.06. The molecule has 0 spiro atoms. The van der Waals surface area contributed by atoms with E-state index in [2.05, 4.69) is 21.4 Å². The molecule has 0 fully saturated rings. The van der Waals surface area contributed by atoms with Crippen molar-refractivity contribution in [2.45, 2.75) is 26.4 Å². The normalized spacial score (nSPS) is 12.2. The van der Waals surface area contributed by atoms with Gasteiger partial charge in [-0.25, -0.2) is 9.98 Å². The number of fused-ring (bicyclic) bond motifs is 1. The maximum absolute atomic E-state index is 5.81. The van der Waals surface area contributed by atoms with E-state index in [1.807, 2.05) is 44.2 Å². The smallest absolute Gasteiger partial charge is 0.189 e. The van der Waals surface area contributed by atoms with E-state index < -0.39 is 0 Å². The molecular formula is C16H18N4OS. The number of guanidine groups is 1. The first-order chi connectivity index (χ1) is 10.6. The van der Waals surface area contributed by atoms with Gasteiger partial charge in [-0.15, -0.1) is 11.3 Å². The first kappa shape index (κ1) is 14.6. The molecule has 0 aliphatic carbocycles. The van der Waals surface area contributed by atoms with Crippen molar-refractivity contribution in [1.82, 2.24) is 10.3 Å². The fourth-order valence-electron chi connectivity index (χ4n) is 2.06. The van der Waals surface area contributed by atoms with E-state index in [-0.39, 0.29) is 6.04 Å². The van der Waals surface area contributed by atoms with Crippen LogP contribution < -0.4 is 11.1 Å². The molecule has 5 nitrogen and oxygen atoms in total. The summed E-state index contributed by atoms with van der Waals surface area (Å²) in [5, 5.41) is 3.92. The van der Waals surface area contributed by atoms with Gasteiger partial charge in [0.2, 0.25) is 0 Å². The van der Waals surface area contributed by atoms with Gasteiger partial charge >= 0.3 is 0 Å². The third-order valence-electron chi connectivity index (χ3n) is 3.01. The lowest BCUT2D eigenvalue weighted by molar-refractivity contribution is 0.524. The highest BCUT2D eigenvalue weighted by molar-refractivity contribution is 7.21. The fourth-order valence-corrected chi connectivity index (χ4v) is 2.99. The highest BCUT2D eigenvalue weighted by atomic mass is 32.1. The van der Waals surface area contributed by atoms with E-state index in [4.69, 9.17) is 10.2 Å². The van der Waals surface area contributed by atoms with Gasteiger partial charge in [-0.05, 0) is 38.1 Å². The fraction of sp³-hybridized carbons (Fsp3) is 0.250. The Balaban J connectivity index is 1.76. The summed E-state index contributed by atoms with van der Waals surface area (Å²) in [6.07, 6.45) is 0. The number of nitrogens with one attached hydrogen (secondary N) is 1. The summed E-state index contributed by atoms with van der Waals surface area (Å²) in [5.41, 5.74) is 6.77. The highest BCUT2D eigenvalue weighted by Crippen LogP contribution is 2.31. The van der Waals surface area contributed by atoms with Crippen molar-refractivity contribution in [2.75, 3.05) is 0 Å². The summed E-state index contributed by atoms with van der Waals surface area (Å²) >= 11 is 1.62. The number of thiazole rings is 1. The van der Waals surface area contributed by atoms with Gasteiger partial charge in [-0.1, -0.05) is 12.1 Å². The Kier molecular flexibility index (Phi) is 4.11. The van der Waals surface area contributed by atoms with Crippen LogP contribution >= 0.6 is 11.3 Å². The lowest BCUT2D eigenvalue weighted by Gasteiger charge is -2.07. The van der Waals surface area contributed by atoms with Gasteiger partial charge in [-0.2, -0.15) is 0 Å². The maximum Gasteiger partial charge on any atom is 0.189 e. The average Bonchev–Trinajstić information content (AvgIpc) is 3.10. The standard InChI is InChI=1S/C16H18N4OS/c1-10(2)19-16(17)18-9-11-7-8-13(21-11)15-20-12-5-3-4-6-14(12)22-15/h3-8,10H,9H2,1-2H3,(H3,17,18,19). The molecule has 22 heavy (non-hydrogen) atoms. The number of hydrogen-bond acceptors (Lipinski definition) is 4. The highest BCUT2D eigenvalue weighted by Gasteiger charge is 2.10. The van der Waals surface area contributed by atoms with Gasteiger partial charge in [0.1, 0.15) is 12.3 Å². The first-order valence-electron chi connectivity index (χ1n) is 7.13. The lowest BCUT2D eigenvalue weighted by Crippen LogP contribution is -2.36. The number of rotatable bonds is 4. The molecule has 6 heteroatoms. The van der Waals surface area contributed by atoms with E-state index in [0.29, 0.717) is 12.5 Å². The average molecular weight is 314 g/mol. The van der Waals surface area contributed by atoms with E-state index >= 15 is 0 Å². The van der Waals surface area contributed by atoms with Crippen molar-refractivity contribution < 1.29 is 4.42 Å². The van der Waals surface area contributed by atoms with Crippen molar-refractivity contribution in [3.63, 3.8) is 0 Å². The zero-order valence-electron chi connectivity index (χ0n) is 12.5. The van der Waals surface area contributed by atoms with E-state index in [0.717, 1.165) is 26.7 Å². The molecular weight excluding hydrogens is 296 g/mol. The number of aromatic nitrogens is 1. The minimum absolute atomic E-state index is 0.263. The SMILES string of the molecule is CC(C)NC(N)=NCc1ccc(-c2nc3ccccc3s2)o1. The number of nitrogens with zero attached hydrogens (tertiary/aromatic N) is 2. The largest absolute Gasteiger partial charge is 0.457 e. The monoisotopic (exact) mass is 314 g/mol. The quantitative estimate of drug-likeness (QED) is 0.572. The third kappa shape index (κ3) is 3.28. The number of hydrogen-bond donors (Lipinski definition) is 2. The summed E-state index contributed by atoms with van der Waals surface area (Å²) < 4.78 is 6.96. The van der Waals surface area contributed by atoms with Crippen molar-refractivity contribution in [3.8, 4) is 10.8 Å². The molecule has 0 aliphatic heterocycles. The van der Waals surface area contributed by atoms with Crippen LogP contribution in [0.4, 0.5) is 0 Å². The van der Waals surface area contributed by atoms with E-state index in [1.54, 1.807) is 11.3 Å². The molecule has 0 radical (unpaired) electrons. The van der Waals surface area contributed by atoms with Gasteiger partial charge < -0.3 is 15.5 Å². The van der Waals surface area contributed by atoms with E-state index in [1.165, 1.54) is 0 Å². The topological polar surface area (TPSA) is 76.4 Å². The summed E-state index contributed by atoms with van der Waals surface area (Å²) in [4.78, 5) is 8.84. The second kappa shape index (κ2) is 6.19. The summed E-state index contributed by atoms with van der Waals surface area (Å²) in [7, 11) is 0. The van der Waals surface area contributed by atoms with Gasteiger partial charge in [0, 0.05) is 6.04 Å². The molecule has 3 N–H and O–H groups in total. The molecule has 0 saturated carbocycles. The molecule has 114 valence electrons. The zero-order valence-corrected chi connectivity index (χ0v) is 13.4. The second-order valence-corrected chi connectivity index (χ2v) is 6.28. The molecule has 0 amide bonds. The molecule has 3 aromatic rings. The number of nitrogens with two attached hydrogens (primary N) is 1. The predicted octanol–water partition coefficient (Wildman–Crippen LogP) is 3.37. The number of aliphatic imine (C=N–C) groups is 1. The Hall–Kier alpha value is -2.34. The Morgan fingerprint density at radius 2 is 2.14 bits per heavy atom. The first-order valence-corrected chi connectivity index (χ1v) is 7.94. The van der Waals surface area contributed by atoms with Gasteiger partial charge in [0.25, 0.3) is 0 Å². The Labute approximate surface area is 132 Å². The Bertz CT molecular complexity index is 770. The molecule has 0 unspecified atom stereocenters. The van der Waals surface area contributed by atoms with Crippen LogP contribution in [0.25, 0.3) is 21.0 Å². The summed E-state index contributed by atoms with van der Waals surface area (Å²) in [6, 6.07) is 12.2. The minimum Gasteiger partial charge on any atom is -0.457 e. The van der Waals surface area contributed by atoms with Crippen molar-refractivity contribution in [3.05, 3.63) is 42.2 Å². The van der Waals surface area contributed by atoms with Crippen LogP contribution in [0.3, 0.4) is 0 Å². The summed E-state index contributed by atoms with van der Waals surface area (Å²) in [6.45, 7) is 4.44. The van der Waals surface area contributed by atoms with Crippen molar-refractivity contribution >= 4 is 27.5 Å². The number of furan rings is 1. The van der Waals surface area contributed by atoms with Gasteiger partial charge in [0.15, 0.2) is 16.7 Å². The van der Waals surface area contributed by atoms with Crippen LogP contribution in [0.2, 0.25) is 0 Å². The van der Waals surface area contributed by atoms with Gasteiger partial charge in [-0.3, -0.25) is 0 Å². The van der Waals surface area contributed by atoms with Gasteiger partial charge in [0.05, 0.1) is 10.2 Å². The Morgan fingerprint density at radius 1 is 1.32 bits per heavy atom. The lowest BCUT2D eigenvalue weighted by atomic mass is 10.3. The maximum atomic E-state index is 5.81. The second-order valence-electron chi connectivity index (χ2n) is 5.25. The summed E-state index contributed by atoms with van der Waals surface area (Å²) in [5.74, 6) is 1.96. The molecule has 2 aromatic heterocycles. The molecule has 0 atom stereocenters.